The molecule has 0 atom stereocenters. The molecule has 0 fully saturated rings. The minimum absolute atomic E-state index is 0.645. The lowest BCUT2D eigenvalue weighted by atomic mass is 10.2. The van der Waals surface area contributed by atoms with Crippen LogP contribution in [-0.2, 0) is 6.54 Å². The number of anilines is 1. The third-order valence-corrected chi connectivity index (χ3v) is 4.52. The summed E-state index contributed by atoms with van der Waals surface area (Å²) in [7, 11) is 0. The molecule has 4 heteroatoms. The van der Waals surface area contributed by atoms with Crippen LogP contribution in [0.1, 0.15) is 5.56 Å². The third-order valence-electron chi connectivity index (χ3n) is 2.96. The SMILES string of the molecule is Clc1ccc(NCc2csc3ccccc23)c(Cl)c1. The van der Waals surface area contributed by atoms with Crippen LogP contribution in [0.4, 0.5) is 5.69 Å². The minimum Gasteiger partial charge on any atom is -0.380 e. The molecule has 0 aliphatic heterocycles. The average molecular weight is 308 g/mol. The Morgan fingerprint density at radius 3 is 2.74 bits per heavy atom. The monoisotopic (exact) mass is 307 g/mol. The number of hydrogen-bond acceptors (Lipinski definition) is 2. The van der Waals surface area contributed by atoms with Gasteiger partial charge in [0.15, 0.2) is 0 Å². The first-order valence-corrected chi connectivity index (χ1v) is 7.51. The minimum atomic E-state index is 0.645. The predicted octanol–water partition coefficient (Wildman–Crippen LogP) is 5.82. The van der Waals surface area contributed by atoms with Crippen LogP contribution in [-0.4, -0.2) is 0 Å². The van der Waals surface area contributed by atoms with Gasteiger partial charge in [0.2, 0.25) is 0 Å². The van der Waals surface area contributed by atoms with Crippen LogP contribution in [0.2, 0.25) is 10.0 Å². The molecule has 1 heterocycles. The Balaban J connectivity index is 1.82. The van der Waals surface area contributed by atoms with Crippen molar-refractivity contribution in [3.8, 4) is 0 Å². The number of thiophene rings is 1. The van der Waals surface area contributed by atoms with E-state index in [9.17, 15) is 0 Å². The number of rotatable bonds is 3. The lowest BCUT2D eigenvalue weighted by molar-refractivity contribution is 1.18. The van der Waals surface area contributed by atoms with Gasteiger partial charge in [0.25, 0.3) is 0 Å². The van der Waals surface area contributed by atoms with Crippen molar-refractivity contribution in [2.24, 2.45) is 0 Å². The molecule has 0 saturated carbocycles. The Labute approximate surface area is 125 Å². The van der Waals surface area contributed by atoms with Crippen molar-refractivity contribution >= 4 is 50.3 Å². The van der Waals surface area contributed by atoms with Crippen LogP contribution >= 0.6 is 34.5 Å². The molecule has 1 nitrogen and oxygen atoms in total. The zero-order valence-corrected chi connectivity index (χ0v) is 12.3. The molecular formula is C15H11Cl2NS. The maximum Gasteiger partial charge on any atom is 0.0652 e. The second-order valence-electron chi connectivity index (χ2n) is 4.23. The number of fused-ring (bicyclic) bond motifs is 1. The largest absolute Gasteiger partial charge is 0.380 e. The van der Waals surface area contributed by atoms with Gasteiger partial charge in [-0.05, 0) is 40.6 Å². The first kappa shape index (κ1) is 12.8. The van der Waals surface area contributed by atoms with Gasteiger partial charge in [0.05, 0.1) is 10.7 Å². The van der Waals surface area contributed by atoms with Gasteiger partial charge in [-0.2, -0.15) is 0 Å². The standard InChI is InChI=1S/C15H11Cl2NS/c16-11-5-6-14(13(17)7-11)18-8-10-9-19-15-4-2-1-3-12(10)15/h1-7,9,18H,8H2. The Bertz CT molecular complexity index is 721. The smallest absolute Gasteiger partial charge is 0.0652 e. The van der Waals surface area contributed by atoms with Crippen molar-refractivity contribution in [1.82, 2.24) is 0 Å². The molecule has 2 aromatic carbocycles. The van der Waals surface area contributed by atoms with E-state index in [-0.39, 0.29) is 0 Å². The number of hydrogen-bond donors (Lipinski definition) is 1. The molecule has 1 N–H and O–H groups in total. The maximum atomic E-state index is 6.14. The number of nitrogens with one attached hydrogen (secondary N) is 1. The molecule has 0 saturated heterocycles. The first-order valence-electron chi connectivity index (χ1n) is 5.88. The summed E-state index contributed by atoms with van der Waals surface area (Å²) in [4.78, 5) is 0. The van der Waals surface area contributed by atoms with Crippen LogP contribution < -0.4 is 5.32 Å². The van der Waals surface area contributed by atoms with Gasteiger partial charge >= 0.3 is 0 Å². The molecule has 1 aromatic heterocycles. The van der Waals surface area contributed by atoms with Gasteiger partial charge in [-0.15, -0.1) is 11.3 Å². The predicted molar refractivity (Wildman–Crippen MR) is 85.6 cm³/mol. The fourth-order valence-electron chi connectivity index (χ4n) is 1.99. The fraction of sp³-hybridized carbons (Fsp3) is 0.0667. The highest BCUT2D eigenvalue weighted by Gasteiger charge is 2.05. The molecule has 0 aliphatic carbocycles. The summed E-state index contributed by atoms with van der Waals surface area (Å²) in [6.45, 7) is 0.755. The topological polar surface area (TPSA) is 12.0 Å². The van der Waals surface area contributed by atoms with Crippen molar-refractivity contribution < 1.29 is 0 Å². The summed E-state index contributed by atoms with van der Waals surface area (Å²) in [6, 6.07) is 13.9. The van der Waals surface area contributed by atoms with Gasteiger partial charge in [-0.3, -0.25) is 0 Å². The molecule has 3 rings (SSSR count). The van der Waals surface area contributed by atoms with Crippen molar-refractivity contribution in [3.63, 3.8) is 0 Å². The van der Waals surface area contributed by atoms with E-state index in [1.807, 2.05) is 12.1 Å². The van der Waals surface area contributed by atoms with Crippen LogP contribution in [0.3, 0.4) is 0 Å². The molecule has 19 heavy (non-hydrogen) atoms. The van der Waals surface area contributed by atoms with E-state index in [1.165, 1.54) is 15.6 Å². The molecule has 0 unspecified atom stereocenters. The van der Waals surface area contributed by atoms with Crippen LogP contribution in [0.25, 0.3) is 10.1 Å². The number of halogens is 2. The molecule has 0 amide bonds. The quantitative estimate of drug-likeness (QED) is 0.643. The van der Waals surface area contributed by atoms with E-state index in [4.69, 9.17) is 23.2 Å². The summed E-state index contributed by atoms with van der Waals surface area (Å²) in [5.41, 5.74) is 2.19. The molecule has 3 aromatic rings. The van der Waals surface area contributed by atoms with Gasteiger partial charge in [0.1, 0.15) is 0 Å². The van der Waals surface area contributed by atoms with E-state index < -0.39 is 0 Å². The van der Waals surface area contributed by atoms with E-state index in [2.05, 4.69) is 35.0 Å². The molecule has 0 aliphatic rings. The van der Waals surface area contributed by atoms with Crippen molar-refractivity contribution in [2.75, 3.05) is 5.32 Å². The molecule has 0 spiro atoms. The maximum absolute atomic E-state index is 6.14. The highest BCUT2D eigenvalue weighted by molar-refractivity contribution is 7.17. The zero-order valence-electron chi connectivity index (χ0n) is 9.99. The average Bonchev–Trinajstić information content (AvgIpc) is 2.81. The molecule has 0 radical (unpaired) electrons. The van der Waals surface area contributed by atoms with Crippen LogP contribution in [0, 0.1) is 0 Å². The summed E-state index contributed by atoms with van der Waals surface area (Å²) in [5.74, 6) is 0. The lowest BCUT2D eigenvalue weighted by Crippen LogP contribution is -1.99. The van der Waals surface area contributed by atoms with Gasteiger partial charge in [-0.1, -0.05) is 41.4 Å². The van der Waals surface area contributed by atoms with Crippen molar-refractivity contribution in [1.29, 1.82) is 0 Å². The van der Waals surface area contributed by atoms with Crippen LogP contribution in [0.5, 0.6) is 0 Å². The Kier molecular flexibility index (Phi) is 3.65. The number of benzene rings is 2. The van der Waals surface area contributed by atoms with Gasteiger partial charge < -0.3 is 5.32 Å². The van der Waals surface area contributed by atoms with E-state index in [1.54, 1.807) is 17.4 Å². The Morgan fingerprint density at radius 1 is 1.05 bits per heavy atom. The van der Waals surface area contributed by atoms with Crippen molar-refractivity contribution in [3.05, 3.63) is 63.5 Å². The summed E-state index contributed by atoms with van der Waals surface area (Å²) >= 11 is 13.8. The van der Waals surface area contributed by atoms with Gasteiger partial charge in [0, 0.05) is 16.3 Å². The second-order valence-corrected chi connectivity index (χ2v) is 5.99. The normalized spacial score (nSPS) is 10.8. The Hall–Kier alpha value is -1.22. The Morgan fingerprint density at radius 2 is 1.89 bits per heavy atom. The molecular weight excluding hydrogens is 297 g/mol. The summed E-state index contributed by atoms with van der Waals surface area (Å²) in [5, 5.41) is 8.12. The van der Waals surface area contributed by atoms with E-state index in [0.29, 0.717) is 10.0 Å². The highest BCUT2D eigenvalue weighted by atomic mass is 35.5. The summed E-state index contributed by atoms with van der Waals surface area (Å²) < 4.78 is 1.31. The van der Waals surface area contributed by atoms with E-state index >= 15 is 0 Å². The lowest BCUT2D eigenvalue weighted by Gasteiger charge is -2.08. The van der Waals surface area contributed by atoms with Crippen molar-refractivity contribution in [2.45, 2.75) is 6.54 Å². The third kappa shape index (κ3) is 2.71. The molecule has 96 valence electrons. The molecule has 0 bridgehead atoms. The van der Waals surface area contributed by atoms with Gasteiger partial charge in [-0.25, -0.2) is 0 Å². The highest BCUT2D eigenvalue weighted by Crippen LogP contribution is 2.29. The zero-order chi connectivity index (χ0) is 13.2. The second kappa shape index (κ2) is 5.41. The summed E-state index contributed by atoms with van der Waals surface area (Å²) in [6.07, 6.45) is 0. The fourth-order valence-corrected chi connectivity index (χ4v) is 3.43. The van der Waals surface area contributed by atoms with E-state index in [0.717, 1.165) is 12.2 Å². The first-order chi connectivity index (χ1) is 9.24. The van der Waals surface area contributed by atoms with Crippen LogP contribution in [0.15, 0.2) is 47.8 Å².